The van der Waals surface area contributed by atoms with E-state index in [1.165, 1.54) is 5.56 Å². The summed E-state index contributed by atoms with van der Waals surface area (Å²) in [7, 11) is 3.29. The van der Waals surface area contributed by atoms with E-state index in [0.717, 1.165) is 29.0 Å². The Morgan fingerprint density at radius 1 is 0.950 bits per heavy atom. The fourth-order valence-electron chi connectivity index (χ4n) is 2.31. The Bertz CT molecular complexity index is 541. The molecular formula is C17H21NO2. The summed E-state index contributed by atoms with van der Waals surface area (Å²) in [6.45, 7) is 2.14. The fraction of sp³-hybridized carbons (Fsp3) is 0.294. The van der Waals surface area contributed by atoms with E-state index < -0.39 is 0 Å². The second-order valence-corrected chi connectivity index (χ2v) is 4.65. The largest absolute Gasteiger partial charge is 0.496 e. The number of methoxy groups -OCH3 is 2. The van der Waals surface area contributed by atoms with E-state index in [9.17, 15) is 0 Å². The van der Waals surface area contributed by atoms with Crippen LogP contribution in [-0.4, -0.2) is 14.2 Å². The van der Waals surface area contributed by atoms with Gasteiger partial charge in [-0.25, -0.2) is 0 Å². The van der Waals surface area contributed by atoms with Gasteiger partial charge in [0.05, 0.1) is 25.8 Å². The molecule has 0 aliphatic rings. The van der Waals surface area contributed by atoms with Crippen LogP contribution >= 0.6 is 0 Å². The molecule has 2 rings (SSSR count). The molecule has 2 aromatic rings. The van der Waals surface area contributed by atoms with Gasteiger partial charge in [-0.05, 0) is 29.7 Å². The molecule has 0 heterocycles. The van der Waals surface area contributed by atoms with E-state index >= 15 is 0 Å². The number of hydrogen-bond donors (Lipinski definition) is 1. The Balaban J connectivity index is 2.43. The van der Waals surface area contributed by atoms with Gasteiger partial charge in [0.1, 0.15) is 11.5 Å². The number of nitrogens with two attached hydrogens (primary N) is 1. The molecule has 0 aromatic heterocycles. The lowest BCUT2D eigenvalue weighted by atomic mass is 9.96. The van der Waals surface area contributed by atoms with Gasteiger partial charge in [0.25, 0.3) is 0 Å². The van der Waals surface area contributed by atoms with E-state index in [1.54, 1.807) is 14.2 Å². The van der Waals surface area contributed by atoms with Crippen LogP contribution in [0.5, 0.6) is 11.5 Å². The summed E-state index contributed by atoms with van der Waals surface area (Å²) >= 11 is 0. The maximum Gasteiger partial charge on any atom is 0.127 e. The molecule has 0 radical (unpaired) electrons. The van der Waals surface area contributed by atoms with Crippen molar-refractivity contribution in [2.75, 3.05) is 14.2 Å². The van der Waals surface area contributed by atoms with Crippen LogP contribution in [0.25, 0.3) is 0 Å². The molecule has 0 spiro atoms. The van der Waals surface area contributed by atoms with Crippen molar-refractivity contribution >= 4 is 0 Å². The van der Waals surface area contributed by atoms with Crippen molar-refractivity contribution in [2.45, 2.75) is 19.4 Å². The highest BCUT2D eigenvalue weighted by Crippen LogP contribution is 2.35. The SMILES string of the molecule is CCc1ccc(C(N)c2c(OC)cccc2OC)cc1. The van der Waals surface area contributed by atoms with Gasteiger partial charge in [0.2, 0.25) is 0 Å². The molecule has 0 aliphatic carbocycles. The summed E-state index contributed by atoms with van der Waals surface area (Å²) in [5.41, 5.74) is 9.62. The molecule has 0 amide bonds. The average Bonchev–Trinajstić information content (AvgIpc) is 2.53. The van der Waals surface area contributed by atoms with Gasteiger partial charge in [-0.2, -0.15) is 0 Å². The topological polar surface area (TPSA) is 44.5 Å². The van der Waals surface area contributed by atoms with Crippen LogP contribution in [0.3, 0.4) is 0 Å². The zero-order chi connectivity index (χ0) is 14.5. The van der Waals surface area contributed by atoms with Crippen molar-refractivity contribution in [3.8, 4) is 11.5 Å². The summed E-state index contributed by atoms with van der Waals surface area (Å²) in [6, 6.07) is 13.8. The molecule has 0 aliphatic heterocycles. The smallest absolute Gasteiger partial charge is 0.127 e. The maximum atomic E-state index is 6.40. The zero-order valence-corrected chi connectivity index (χ0v) is 12.2. The number of hydrogen-bond acceptors (Lipinski definition) is 3. The number of ether oxygens (including phenoxy) is 2. The third-order valence-electron chi connectivity index (χ3n) is 3.52. The third-order valence-corrected chi connectivity index (χ3v) is 3.52. The number of rotatable bonds is 5. The van der Waals surface area contributed by atoms with E-state index in [2.05, 4.69) is 31.2 Å². The Morgan fingerprint density at radius 2 is 1.50 bits per heavy atom. The van der Waals surface area contributed by atoms with Crippen LogP contribution in [0.2, 0.25) is 0 Å². The van der Waals surface area contributed by atoms with Gasteiger partial charge in [0, 0.05) is 0 Å². The number of aryl methyl sites for hydroxylation is 1. The molecule has 0 saturated carbocycles. The molecule has 2 aromatic carbocycles. The molecule has 0 bridgehead atoms. The molecule has 106 valence electrons. The monoisotopic (exact) mass is 271 g/mol. The fourth-order valence-corrected chi connectivity index (χ4v) is 2.31. The lowest BCUT2D eigenvalue weighted by molar-refractivity contribution is 0.382. The first kappa shape index (κ1) is 14.4. The minimum absolute atomic E-state index is 0.271. The van der Waals surface area contributed by atoms with Crippen LogP contribution in [-0.2, 0) is 6.42 Å². The molecule has 3 nitrogen and oxygen atoms in total. The van der Waals surface area contributed by atoms with E-state index in [0.29, 0.717) is 0 Å². The molecular weight excluding hydrogens is 250 g/mol. The summed E-state index contributed by atoms with van der Waals surface area (Å²) in [5.74, 6) is 1.49. The van der Waals surface area contributed by atoms with Gasteiger partial charge < -0.3 is 15.2 Å². The van der Waals surface area contributed by atoms with Crippen molar-refractivity contribution in [1.82, 2.24) is 0 Å². The standard InChI is InChI=1S/C17H21NO2/c1-4-12-8-10-13(11-9-12)17(18)16-14(19-2)6-5-7-15(16)20-3/h5-11,17H,4,18H2,1-3H3. The molecule has 20 heavy (non-hydrogen) atoms. The highest BCUT2D eigenvalue weighted by Gasteiger charge is 2.18. The Kier molecular flexibility index (Phi) is 4.64. The van der Waals surface area contributed by atoms with Crippen LogP contribution in [0.1, 0.15) is 29.7 Å². The average molecular weight is 271 g/mol. The lowest BCUT2D eigenvalue weighted by Crippen LogP contribution is -2.14. The minimum atomic E-state index is -0.271. The molecule has 0 saturated heterocycles. The maximum absolute atomic E-state index is 6.40. The Morgan fingerprint density at radius 3 is 1.95 bits per heavy atom. The summed E-state index contributed by atoms with van der Waals surface area (Å²) in [6.07, 6.45) is 1.02. The van der Waals surface area contributed by atoms with E-state index in [4.69, 9.17) is 15.2 Å². The highest BCUT2D eigenvalue weighted by atomic mass is 16.5. The Labute approximate surface area is 120 Å². The van der Waals surface area contributed by atoms with Crippen LogP contribution < -0.4 is 15.2 Å². The van der Waals surface area contributed by atoms with Crippen LogP contribution in [0.15, 0.2) is 42.5 Å². The van der Waals surface area contributed by atoms with Gasteiger partial charge in [0.15, 0.2) is 0 Å². The second kappa shape index (κ2) is 6.44. The first-order chi connectivity index (χ1) is 9.71. The number of benzene rings is 2. The Hall–Kier alpha value is -2.00. The summed E-state index contributed by atoms with van der Waals surface area (Å²) < 4.78 is 10.8. The zero-order valence-electron chi connectivity index (χ0n) is 12.2. The minimum Gasteiger partial charge on any atom is -0.496 e. The van der Waals surface area contributed by atoms with Crippen molar-refractivity contribution in [2.24, 2.45) is 5.73 Å². The van der Waals surface area contributed by atoms with Crippen molar-refractivity contribution in [3.05, 3.63) is 59.2 Å². The van der Waals surface area contributed by atoms with Gasteiger partial charge >= 0.3 is 0 Å². The van der Waals surface area contributed by atoms with Gasteiger partial charge in [-0.1, -0.05) is 37.3 Å². The highest BCUT2D eigenvalue weighted by molar-refractivity contribution is 5.50. The van der Waals surface area contributed by atoms with Crippen molar-refractivity contribution in [1.29, 1.82) is 0 Å². The predicted molar refractivity (Wildman–Crippen MR) is 81.4 cm³/mol. The van der Waals surface area contributed by atoms with E-state index in [1.807, 2.05) is 18.2 Å². The van der Waals surface area contributed by atoms with Gasteiger partial charge in [-0.15, -0.1) is 0 Å². The first-order valence-electron chi connectivity index (χ1n) is 6.76. The van der Waals surface area contributed by atoms with Crippen molar-refractivity contribution in [3.63, 3.8) is 0 Å². The predicted octanol–water partition coefficient (Wildman–Crippen LogP) is 3.31. The quantitative estimate of drug-likeness (QED) is 0.907. The second-order valence-electron chi connectivity index (χ2n) is 4.65. The normalized spacial score (nSPS) is 12.0. The van der Waals surface area contributed by atoms with Crippen LogP contribution in [0.4, 0.5) is 0 Å². The lowest BCUT2D eigenvalue weighted by Gasteiger charge is -2.19. The first-order valence-corrected chi connectivity index (χ1v) is 6.76. The molecule has 3 heteroatoms. The van der Waals surface area contributed by atoms with Crippen LogP contribution in [0, 0.1) is 0 Å². The molecule has 2 N–H and O–H groups in total. The molecule has 1 atom stereocenters. The van der Waals surface area contributed by atoms with Gasteiger partial charge in [-0.3, -0.25) is 0 Å². The summed E-state index contributed by atoms with van der Waals surface area (Å²) in [4.78, 5) is 0. The van der Waals surface area contributed by atoms with Crippen molar-refractivity contribution < 1.29 is 9.47 Å². The molecule has 0 fully saturated rings. The third kappa shape index (κ3) is 2.78. The van der Waals surface area contributed by atoms with E-state index in [-0.39, 0.29) is 6.04 Å². The summed E-state index contributed by atoms with van der Waals surface area (Å²) in [5, 5.41) is 0. The molecule has 1 unspecified atom stereocenters.